The number of nitrogens with zero attached hydrogens (tertiary/aromatic N) is 1. The summed E-state index contributed by atoms with van der Waals surface area (Å²) in [5, 5.41) is 3.07. The first-order valence-electron chi connectivity index (χ1n) is 6.86. The third-order valence-electron chi connectivity index (χ3n) is 3.87. The van der Waals surface area contributed by atoms with Gasteiger partial charge in [-0.15, -0.1) is 0 Å². The van der Waals surface area contributed by atoms with E-state index in [1.807, 2.05) is 7.05 Å². The highest BCUT2D eigenvalue weighted by molar-refractivity contribution is 7.89. The summed E-state index contributed by atoms with van der Waals surface area (Å²) < 4.78 is 33.0. The van der Waals surface area contributed by atoms with Gasteiger partial charge in [-0.3, -0.25) is 0 Å². The van der Waals surface area contributed by atoms with Crippen LogP contribution < -0.4 is 10.0 Å². The number of hydrogen-bond donors (Lipinski definition) is 2. The van der Waals surface area contributed by atoms with Gasteiger partial charge in [-0.2, -0.15) is 0 Å². The molecule has 0 aromatic carbocycles. The standard InChI is InChI=1S/C13H19N3O3S/c1-14-7-9-2-5-13(15-8-9)20(17,18)16-11-6-10-3-4-12(11)19-10/h2,5,8,10-12,14,16H,3-4,6-7H2,1H3. The van der Waals surface area contributed by atoms with E-state index in [4.69, 9.17) is 4.74 Å². The number of hydrogen-bond acceptors (Lipinski definition) is 5. The highest BCUT2D eigenvalue weighted by Gasteiger charge is 2.42. The van der Waals surface area contributed by atoms with Crippen LogP contribution in [0.5, 0.6) is 0 Å². The Kier molecular flexibility index (Phi) is 3.76. The van der Waals surface area contributed by atoms with Gasteiger partial charge in [-0.25, -0.2) is 18.1 Å². The second-order valence-electron chi connectivity index (χ2n) is 5.37. The Morgan fingerprint density at radius 1 is 1.40 bits per heavy atom. The zero-order chi connectivity index (χ0) is 14.2. The molecule has 1 aromatic heterocycles. The lowest BCUT2D eigenvalue weighted by Crippen LogP contribution is -2.41. The summed E-state index contributed by atoms with van der Waals surface area (Å²) in [5.41, 5.74) is 0.953. The Morgan fingerprint density at radius 2 is 2.25 bits per heavy atom. The van der Waals surface area contributed by atoms with Crippen LogP contribution in [0.15, 0.2) is 23.4 Å². The summed E-state index contributed by atoms with van der Waals surface area (Å²) in [6, 6.07) is 3.20. The van der Waals surface area contributed by atoms with E-state index in [1.54, 1.807) is 18.3 Å². The van der Waals surface area contributed by atoms with Crippen LogP contribution in [0.2, 0.25) is 0 Å². The molecule has 2 saturated heterocycles. The van der Waals surface area contributed by atoms with Gasteiger partial charge >= 0.3 is 0 Å². The van der Waals surface area contributed by atoms with Crippen molar-refractivity contribution >= 4 is 10.0 Å². The molecule has 1 aromatic rings. The van der Waals surface area contributed by atoms with Gasteiger partial charge in [0.15, 0.2) is 5.03 Å². The van der Waals surface area contributed by atoms with Crippen molar-refractivity contribution in [1.82, 2.24) is 15.0 Å². The number of aromatic nitrogens is 1. The third kappa shape index (κ3) is 2.71. The normalized spacial score (nSPS) is 28.9. The van der Waals surface area contributed by atoms with Gasteiger partial charge in [0.25, 0.3) is 10.0 Å². The van der Waals surface area contributed by atoms with Crippen molar-refractivity contribution in [2.24, 2.45) is 0 Å². The monoisotopic (exact) mass is 297 g/mol. The van der Waals surface area contributed by atoms with E-state index in [0.29, 0.717) is 6.54 Å². The highest BCUT2D eigenvalue weighted by Crippen LogP contribution is 2.34. The molecule has 2 bridgehead atoms. The summed E-state index contributed by atoms with van der Waals surface area (Å²) in [5.74, 6) is 0. The Morgan fingerprint density at radius 3 is 2.80 bits per heavy atom. The van der Waals surface area contributed by atoms with Gasteiger partial charge in [0, 0.05) is 12.7 Å². The topological polar surface area (TPSA) is 80.3 Å². The molecule has 2 N–H and O–H groups in total. The minimum atomic E-state index is -3.56. The Labute approximate surface area is 119 Å². The lowest BCUT2D eigenvalue weighted by Gasteiger charge is -2.19. The van der Waals surface area contributed by atoms with Crippen molar-refractivity contribution in [2.45, 2.75) is 49.1 Å². The summed E-state index contributed by atoms with van der Waals surface area (Å²) >= 11 is 0. The summed E-state index contributed by atoms with van der Waals surface area (Å²) in [6.45, 7) is 0.668. The lowest BCUT2D eigenvalue weighted by molar-refractivity contribution is 0.0996. The molecule has 3 unspecified atom stereocenters. The molecule has 6 nitrogen and oxygen atoms in total. The molecule has 3 atom stereocenters. The smallest absolute Gasteiger partial charge is 0.258 e. The van der Waals surface area contributed by atoms with Crippen molar-refractivity contribution in [1.29, 1.82) is 0 Å². The van der Waals surface area contributed by atoms with Gasteiger partial charge in [-0.1, -0.05) is 6.07 Å². The molecule has 0 aliphatic carbocycles. The zero-order valence-electron chi connectivity index (χ0n) is 11.4. The molecule has 2 fully saturated rings. The summed E-state index contributed by atoms with van der Waals surface area (Å²) in [6.07, 6.45) is 4.58. The maximum atomic E-state index is 12.3. The predicted molar refractivity (Wildman–Crippen MR) is 73.6 cm³/mol. The summed E-state index contributed by atoms with van der Waals surface area (Å²) in [4.78, 5) is 4.04. The molecule has 0 spiro atoms. The first kappa shape index (κ1) is 13.9. The van der Waals surface area contributed by atoms with Crippen LogP contribution in [-0.2, 0) is 21.3 Å². The average Bonchev–Trinajstić information content (AvgIpc) is 3.01. The molecule has 0 radical (unpaired) electrons. The van der Waals surface area contributed by atoms with Crippen LogP contribution in [0.4, 0.5) is 0 Å². The van der Waals surface area contributed by atoms with Crippen LogP contribution in [-0.4, -0.2) is 38.7 Å². The maximum Gasteiger partial charge on any atom is 0.258 e. The van der Waals surface area contributed by atoms with Crippen molar-refractivity contribution in [2.75, 3.05) is 7.05 Å². The van der Waals surface area contributed by atoms with Crippen molar-refractivity contribution in [3.05, 3.63) is 23.9 Å². The van der Waals surface area contributed by atoms with E-state index in [9.17, 15) is 8.42 Å². The molecule has 0 amide bonds. The number of pyridine rings is 1. The van der Waals surface area contributed by atoms with Gasteiger partial charge in [0.05, 0.1) is 18.2 Å². The molecule has 3 heterocycles. The first-order chi connectivity index (χ1) is 9.58. The molecule has 20 heavy (non-hydrogen) atoms. The van der Waals surface area contributed by atoms with Gasteiger partial charge in [0.1, 0.15) is 0 Å². The van der Waals surface area contributed by atoms with Crippen molar-refractivity contribution in [3.63, 3.8) is 0 Å². The number of nitrogens with one attached hydrogen (secondary N) is 2. The van der Waals surface area contributed by atoms with E-state index in [1.165, 1.54) is 0 Å². The second-order valence-corrected chi connectivity index (χ2v) is 7.03. The molecule has 3 rings (SSSR count). The van der Waals surface area contributed by atoms with E-state index in [2.05, 4.69) is 15.0 Å². The number of ether oxygens (including phenoxy) is 1. The number of rotatable bonds is 5. The van der Waals surface area contributed by atoms with Crippen LogP contribution >= 0.6 is 0 Å². The van der Waals surface area contributed by atoms with E-state index in [0.717, 1.165) is 24.8 Å². The quantitative estimate of drug-likeness (QED) is 0.822. The fourth-order valence-electron chi connectivity index (χ4n) is 2.90. The molecular formula is C13H19N3O3S. The highest BCUT2D eigenvalue weighted by atomic mass is 32.2. The molecule has 2 aliphatic heterocycles. The van der Waals surface area contributed by atoms with Gasteiger partial charge < -0.3 is 10.1 Å². The molecular weight excluding hydrogens is 278 g/mol. The largest absolute Gasteiger partial charge is 0.373 e. The Balaban J connectivity index is 1.71. The lowest BCUT2D eigenvalue weighted by atomic mass is 9.96. The van der Waals surface area contributed by atoms with Crippen molar-refractivity contribution in [3.8, 4) is 0 Å². The van der Waals surface area contributed by atoms with Crippen LogP contribution in [0.3, 0.4) is 0 Å². The minimum absolute atomic E-state index is 0.0262. The molecule has 2 aliphatic rings. The fraction of sp³-hybridized carbons (Fsp3) is 0.615. The van der Waals surface area contributed by atoms with Gasteiger partial charge in [0.2, 0.25) is 0 Å². The molecule has 110 valence electrons. The van der Waals surface area contributed by atoms with E-state index >= 15 is 0 Å². The van der Waals surface area contributed by atoms with Crippen LogP contribution in [0, 0.1) is 0 Å². The SMILES string of the molecule is CNCc1ccc(S(=O)(=O)NC2CC3CCC2O3)nc1. The van der Waals surface area contributed by atoms with E-state index < -0.39 is 10.0 Å². The van der Waals surface area contributed by atoms with Crippen molar-refractivity contribution < 1.29 is 13.2 Å². The predicted octanol–water partition coefficient (Wildman–Crippen LogP) is 0.399. The average molecular weight is 297 g/mol. The third-order valence-corrected chi connectivity index (χ3v) is 5.27. The number of sulfonamides is 1. The maximum absolute atomic E-state index is 12.3. The van der Waals surface area contributed by atoms with E-state index in [-0.39, 0.29) is 23.3 Å². The first-order valence-corrected chi connectivity index (χ1v) is 8.34. The molecule has 7 heteroatoms. The zero-order valence-corrected chi connectivity index (χ0v) is 12.2. The summed E-state index contributed by atoms with van der Waals surface area (Å²) in [7, 11) is -1.72. The van der Waals surface area contributed by atoms with Crippen LogP contribution in [0.1, 0.15) is 24.8 Å². The molecule has 0 saturated carbocycles. The Bertz CT molecular complexity index is 573. The van der Waals surface area contributed by atoms with Gasteiger partial charge in [-0.05, 0) is 37.9 Å². The van der Waals surface area contributed by atoms with Crippen LogP contribution in [0.25, 0.3) is 0 Å². The minimum Gasteiger partial charge on any atom is -0.373 e. The fourth-order valence-corrected chi connectivity index (χ4v) is 4.11. The Hall–Kier alpha value is -1.02. The second kappa shape index (κ2) is 5.40. The number of fused-ring (bicyclic) bond motifs is 2.